The van der Waals surface area contributed by atoms with Crippen LogP contribution in [-0.4, -0.2) is 35.2 Å². The minimum absolute atomic E-state index is 0.161. The number of carboxylic acids is 1. The summed E-state index contributed by atoms with van der Waals surface area (Å²) in [5, 5.41) is 12.4. The van der Waals surface area contributed by atoms with Gasteiger partial charge in [0.1, 0.15) is 5.54 Å². The Labute approximate surface area is 130 Å². The molecule has 0 radical (unpaired) electrons. The number of aliphatic carboxylic acids is 1. The fraction of sp³-hybridized carbons (Fsp3) is 0.529. The zero-order valence-electron chi connectivity index (χ0n) is 13.3. The van der Waals surface area contributed by atoms with Gasteiger partial charge in [0.15, 0.2) is 0 Å². The topological polar surface area (TPSA) is 75.6 Å². The second-order valence-corrected chi connectivity index (χ2v) is 6.29. The van der Waals surface area contributed by atoms with Gasteiger partial charge in [-0.2, -0.15) is 0 Å². The summed E-state index contributed by atoms with van der Waals surface area (Å²) < 4.78 is 5.58. The maximum atomic E-state index is 12.3. The van der Waals surface area contributed by atoms with Crippen LogP contribution in [0.3, 0.4) is 0 Å². The lowest BCUT2D eigenvalue weighted by Crippen LogP contribution is -2.76. The highest BCUT2D eigenvalue weighted by molar-refractivity contribution is 5.90. The molecular formula is C17H23NO4. The summed E-state index contributed by atoms with van der Waals surface area (Å²) in [6.45, 7) is 6.06. The van der Waals surface area contributed by atoms with Gasteiger partial charge in [0.2, 0.25) is 5.91 Å². The monoisotopic (exact) mass is 305 g/mol. The molecule has 22 heavy (non-hydrogen) atoms. The minimum Gasteiger partial charge on any atom is -0.479 e. The van der Waals surface area contributed by atoms with Crippen LogP contribution in [0.25, 0.3) is 0 Å². The Morgan fingerprint density at radius 1 is 1.32 bits per heavy atom. The minimum atomic E-state index is -1.27. The van der Waals surface area contributed by atoms with Gasteiger partial charge in [0, 0.05) is 18.4 Å². The normalized spacial score (nSPS) is 26.0. The molecule has 2 N–H and O–H groups in total. The fourth-order valence-corrected chi connectivity index (χ4v) is 3.10. The highest BCUT2D eigenvalue weighted by Crippen LogP contribution is 2.51. The number of amides is 1. The third-order valence-corrected chi connectivity index (χ3v) is 4.69. The molecule has 1 aliphatic rings. The summed E-state index contributed by atoms with van der Waals surface area (Å²) in [7, 11) is 0. The van der Waals surface area contributed by atoms with E-state index in [1.165, 1.54) is 0 Å². The summed E-state index contributed by atoms with van der Waals surface area (Å²) in [5.41, 5.74) is -1.06. The number of carbonyl (C=O) groups excluding carboxylic acids is 1. The van der Waals surface area contributed by atoms with E-state index in [0.29, 0.717) is 13.0 Å². The first-order valence-electron chi connectivity index (χ1n) is 7.53. The van der Waals surface area contributed by atoms with Crippen molar-refractivity contribution in [3.8, 4) is 0 Å². The summed E-state index contributed by atoms with van der Waals surface area (Å²) in [5.74, 6) is -1.29. The number of hydrogen-bond donors (Lipinski definition) is 2. The van der Waals surface area contributed by atoms with Crippen molar-refractivity contribution < 1.29 is 19.4 Å². The number of carboxylic acid groups (broad SMARTS) is 1. The summed E-state index contributed by atoms with van der Waals surface area (Å²) in [6, 6.07) is 9.29. The van der Waals surface area contributed by atoms with Gasteiger partial charge in [0.25, 0.3) is 0 Å². The predicted molar refractivity (Wildman–Crippen MR) is 82.5 cm³/mol. The van der Waals surface area contributed by atoms with Gasteiger partial charge in [0.05, 0.1) is 12.5 Å². The first-order valence-corrected chi connectivity index (χ1v) is 7.53. The maximum absolute atomic E-state index is 12.3. The van der Waals surface area contributed by atoms with Crippen LogP contribution >= 0.6 is 0 Å². The number of carbonyl (C=O) groups is 2. The van der Waals surface area contributed by atoms with Crippen LogP contribution in [-0.2, 0) is 20.7 Å². The number of ether oxygens (including phenoxy) is 1. The van der Waals surface area contributed by atoms with Gasteiger partial charge in [-0.3, -0.25) is 4.79 Å². The van der Waals surface area contributed by atoms with E-state index in [1.54, 1.807) is 0 Å². The average molecular weight is 305 g/mol. The molecule has 1 saturated carbocycles. The molecule has 1 fully saturated rings. The SMILES string of the molecule is CCOC1CC(NC(=O)Cc2ccccc2)(C(=O)O)C1(C)C. The van der Waals surface area contributed by atoms with Crippen LogP contribution in [0.5, 0.6) is 0 Å². The molecule has 1 aromatic carbocycles. The highest BCUT2D eigenvalue weighted by Gasteiger charge is 2.66. The molecule has 0 aliphatic heterocycles. The molecule has 0 spiro atoms. The molecule has 0 aromatic heterocycles. The number of hydrogen-bond acceptors (Lipinski definition) is 3. The standard InChI is InChI=1S/C17H23NO4/c1-4-22-13-11-17(15(20)21,16(13,2)3)18-14(19)10-12-8-6-5-7-9-12/h5-9,13H,4,10-11H2,1-3H3,(H,18,19)(H,20,21). The quantitative estimate of drug-likeness (QED) is 0.843. The summed E-state index contributed by atoms with van der Waals surface area (Å²) in [6.07, 6.45) is 0.306. The third-order valence-electron chi connectivity index (χ3n) is 4.69. The van der Waals surface area contributed by atoms with Crippen molar-refractivity contribution in [2.24, 2.45) is 5.41 Å². The molecule has 1 aliphatic carbocycles. The van der Waals surface area contributed by atoms with Crippen LogP contribution < -0.4 is 5.32 Å². The Bertz CT molecular complexity index is 555. The molecule has 2 unspecified atom stereocenters. The lowest BCUT2D eigenvalue weighted by Gasteiger charge is -2.58. The van der Waals surface area contributed by atoms with E-state index < -0.39 is 16.9 Å². The molecule has 0 heterocycles. The van der Waals surface area contributed by atoms with Gasteiger partial charge in [-0.15, -0.1) is 0 Å². The van der Waals surface area contributed by atoms with Crippen molar-refractivity contribution in [3.63, 3.8) is 0 Å². The van der Waals surface area contributed by atoms with Crippen LogP contribution in [0.15, 0.2) is 30.3 Å². The predicted octanol–water partition coefficient (Wildman–Crippen LogP) is 2.00. The molecular weight excluding hydrogens is 282 g/mol. The smallest absolute Gasteiger partial charge is 0.330 e. The van der Waals surface area contributed by atoms with Crippen LogP contribution in [0.4, 0.5) is 0 Å². The van der Waals surface area contributed by atoms with E-state index in [9.17, 15) is 14.7 Å². The van der Waals surface area contributed by atoms with Gasteiger partial charge >= 0.3 is 5.97 Å². The van der Waals surface area contributed by atoms with E-state index in [4.69, 9.17) is 4.74 Å². The zero-order chi connectivity index (χ0) is 16.4. The lowest BCUT2D eigenvalue weighted by atomic mass is 9.54. The van der Waals surface area contributed by atoms with Crippen molar-refractivity contribution >= 4 is 11.9 Å². The van der Waals surface area contributed by atoms with Crippen molar-refractivity contribution in [1.82, 2.24) is 5.32 Å². The van der Waals surface area contributed by atoms with Crippen LogP contribution in [0, 0.1) is 5.41 Å². The Morgan fingerprint density at radius 3 is 2.45 bits per heavy atom. The Hall–Kier alpha value is -1.88. The summed E-state index contributed by atoms with van der Waals surface area (Å²) >= 11 is 0. The van der Waals surface area contributed by atoms with Gasteiger partial charge < -0.3 is 15.2 Å². The second kappa shape index (κ2) is 6.08. The third kappa shape index (κ3) is 2.73. The Balaban J connectivity index is 2.10. The van der Waals surface area contributed by atoms with E-state index in [0.717, 1.165) is 5.56 Å². The van der Waals surface area contributed by atoms with Crippen LogP contribution in [0.2, 0.25) is 0 Å². The second-order valence-electron chi connectivity index (χ2n) is 6.29. The van der Waals surface area contributed by atoms with Crippen molar-refractivity contribution in [2.75, 3.05) is 6.61 Å². The average Bonchev–Trinajstić information content (AvgIpc) is 2.46. The molecule has 1 amide bonds. The van der Waals surface area contributed by atoms with Crippen molar-refractivity contribution in [1.29, 1.82) is 0 Å². The Kier molecular flexibility index (Phi) is 4.56. The van der Waals surface area contributed by atoms with Crippen LogP contribution in [0.1, 0.15) is 32.8 Å². The lowest BCUT2D eigenvalue weighted by molar-refractivity contribution is -0.194. The first-order chi connectivity index (χ1) is 10.3. The molecule has 0 bridgehead atoms. The number of benzene rings is 1. The molecule has 2 rings (SSSR count). The fourth-order valence-electron chi connectivity index (χ4n) is 3.10. The van der Waals surface area contributed by atoms with Gasteiger partial charge in [-0.1, -0.05) is 44.2 Å². The maximum Gasteiger partial charge on any atom is 0.330 e. The molecule has 5 heteroatoms. The van der Waals surface area contributed by atoms with E-state index in [1.807, 2.05) is 51.1 Å². The molecule has 120 valence electrons. The van der Waals surface area contributed by atoms with E-state index in [-0.39, 0.29) is 18.4 Å². The zero-order valence-corrected chi connectivity index (χ0v) is 13.3. The van der Waals surface area contributed by atoms with Crippen molar-refractivity contribution in [3.05, 3.63) is 35.9 Å². The summed E-state index contributed by atoms with van der Waals surface area (Å²) in [4.78, 5) is 24.0. The largest absolute Gasteiger partial charge is 0.479 e. The highest BCUT2D eigenvalue weighted by atomic mass is 16.5. The Morgan fingerprint density at radius 2 is 1.95 bits per heavy atom. The first kappa shape index (κ1) is 16.5. The molecule has 2 atom stereocenters. The van der Waals surface area contributed by atoms with Gasteiger partial charge in [-0.05, 0) is 12.5 Å². The number of rotatable bonds is 6. The molecule has 1 aromatic rings. The molecule has 0 saturated heterocycles. The van der Waals surface area contributed by atoms with E-state index in [2.05, 4.69) is 5.32 Å². The van der Waals surface area contributed by atoms with Gasteiger partial charge in [-0.25, -0.2) is 4.79 Å². The van der Waals surface area contributed by atoms with Crippen molar-refractivity contribution in [2.45, 2.75) is 45.3 Å². The van der Waals surface area contributed by atoms with E-state index >= 15 is 0 Å². The molecule has 5 nitrogen and oxygen atoms in total. The number of nitrogens with one attached hydrogen (secondary N) is 1.